The molecule has 37 heavy (non-hydrogen) atoms. The van der Waals surface area contributed by atoms with Crippen molar-refractivity contribution in [2.45, 2.75) is 31.6 Å². The number of aliphatic hydroxyl groups excluding tert-OH is 1. The first kappa shape index (κ1) is 22.7. The molecular weight excluding hydrogens is 466 g/mol. The summed E-state index contributed by atoms with van der Waals surface area (Å²) in [6, 6.07) is 25.0. The molecule has 2 aromatic carbocycles. The maximum Gasteiger partial charge on any atom is 0.267 e. The third-order valence-corrected chi connectivity index (χ3v) is 6.77. The van der Waals surface area contributed by atoms with Gasteiger partial charge in [0.05, 0.1) is 28.4 Å². The molecule has 1 aliphatic rings. The second-order valence-electron chi connectivity index (χ2n) is 9.58. The number of benzene rings is 2. The first-order chi connectivity index (χ1) is 17.9. The molecule has 2 atom stereocenters. The molecule has 0 spiro atoms. The Kier molecular flexibility index (Phi) is 5.18. The van der Waals surface area contributed by atoms with Crippen molar-refractivity contribution in [2.24, 2.45) is 0 Å². The van der Waals surface area contributed by atoms with Crippen molar-refractivity contribution < 1.29 is 9.84 Å². The average Bonchev–Trinajstić information content (AvgIpc) is 3.30. The Labute approximate surface area is 212 Å². The monoisotopic (exact) mass is 489 g/mol. The van der Waals surface area contributed by atoms with Gasteiger partial charge in [0.25, 0.3) is 5.56 Å². The number of nitriles is 1. The minimum Gasteiger partial charge on any atom is -0.485 e. The van der Waals surface area contributed by atoms with Gasteiger partial charge in [0, 0.05) is 23.4 Å². The highest BCUT2D eigenvalue weighted by Crippen LogP contribution is 2.42. The first-order valence-electron chi connectivity index (χ1n) is 11.9. The Morgan fingerprint density at radius 3 is 2.57 bits per heavy atom. The molecule has 0 amide bonds. The van der Waals surface area contributed by atoms with Crippen LogP contribution in [0.2, 0.25) is 0 Å². The second kappa shape index (κ2) is 8.43. The Balaban J connectivity index is 1.60. The zero-order chi connectivity index (χ0) is 25.7. The number of aliphatic hydroxyl groups is 1. The lowest BCUT2D eigenvalue weighted by atomic mass is 9.86. The van der Waals surface area contributed by atoms with E-state index < -0.39 is 17.7 Å². The fourth-order valence-corrected chi connectivity index (χ4v) is 4.91. The standard InChI is InChI=1S/C29H23N5O3/c1-29(2)28(36)27(20-16-18(17-30)11-13-23(20)37-29)34-24(35)14-12-21(31-34)25-22-10-6-7-15-33(22)32-26(25)19-8-4-3-5-9-19/h3-16,27-28,36H,1-2H3. The van der Waals surface area contributed by atoms with Gasteiger partial charge in [-0.2, -0.15) is 15.5 Å². The Morgan fingerprint density at radius 2 is 1.78 bits per heavy atom. The van der Waals surface area contributed by atoms with Crippen molar-refractivity contribution in [1.29, 1.82) is 5.26 Å². The third-order valence-electron chi connectivity index (χ3n) is 6.77. The van der Waals surface area contributed by atoms with Crippen LogP contribution in [0, 0.1) is 11.3 Å². The quantitative estimate of drug-likeness (QED) is 0.407. The van der Waals surface area contributed by atoms with Gasteiger partial charge in [-0.3, -0.25) is 4.79 Å². The van der Waals surface area contributed by atoms with Crippen LogP contribution >= 0.6 is 0 Å². The van der Waals surface area contributed by atoms with Crippen LogP contribution in [0.15, 0.2) is 89.9 Å². The van der Waals surface area contributed by atoms with E-state index in [1.54, 1.807) is 42.6 Å². The summed E-state index contributed by atoms with van der Waals surface area (Å²) in [5.74, 6) is 0.499. The molecule has 182 valence electrons. The van der Waals surface area contributed by atoms with Crippen molar-refractivity contribution in [2.75, 3.05) is 0 Å². The number of hydrogen-bond acceptors (Lipinski definition) is 6. The molecule has 1 aliphatic heterocycles. The number of rotatable bonds is 3. The maximum absolute atomic E-state index is 13.2. The summed E-state index contributed by atoms with van der Waals surface area (Å²) in [6.45, 7) is 3.53. The molecule has 4 heterocycles. The van der Waals surface area contributed by atoms with Crippen LogP contribution in [0.5, 0.6) is 5.75 Å². The van der Waals surface area contributed by atoms with E-state index in [9.17, 15) is 15.2 Å². The van der Waals surface area contributed by atoms with Crippen LogP contribution in [0.25, 0.3) is 28.0 Å². The Bertz CT molecular complexity index is 1750. The highest BCUT2D eigenvalue weighted by molar-refractivity contribution is 5.90. The molecule has 0 bridgehead atoms. The van der Waals surface area contributed by atoms with Crippen LogP contribution in [-0.4, -0.2) is 36.2 Å². The van der Waals surface area contributed by atoms with E-state index in [0.717, 1.165) is 22.3 Å². The van der Waals surface area contributed by atoms with E-state index >= 15 is 0 Å². The molecule has 2 unspecified atom stereocenters. The van der Waals surface area contributed by atoms with Gasteiger partial charge in [-0.15, -0.1) is 0 Å². The number of fused-ring (bicyclic) bond motifs is 2. The summed E-state index contributed by atoms with van der Waals surface area (Å²) in [6.07, 6.45) is 0.762. The molecule has 0 aliphatic carbocycles. The smallest absolute Gasteiger partial charge is 0.267 e. The largest absolute Gasteiger partial charge is 0.485 e. The number of nitrogens with zero attached hydrogens (tertiary/aromatic N) is 5. The van der Waals surface area contributed by atoms with Crippen LogP contribution in [0.1, 0.15) is 31.0 Å². The van der Waals surface area contributed by atoms with Crippen molar-refractivity contribution in [1.82, 2.24) is 19.4 Å². The van der Waals surface area contributed by atoms with Gasteiger partial charge in [0.15, 0.2) is 0 Å². The number of ether oxygens (including phenoxy) is 1. The molecule has 0 saturated carbocycles. The third kappa shape index (κ3) is 3.68. The lowest BCUT2D eigenvalue weighted by Gasteiger charge is -2.42. The van der Waals surface area contributed by atoms with Crippen LogP contribution < -0.4 is 10.3 Å². The molecule has 6 rings (SSSR count). The topological polar surface area (TPSA) is 105 Å². The first-order valence-corrected chi connectivity index (χ1v) is 11.9. The fourth-order valence-electron chi connectivity index (χ4n) is 4.91. The van der Waals surface area contributed by atoms with Crippen LogP contribution in [0.4, 0.5) is 0 Å². The lowest BCUT2D eigenvalue weighted by molar-refractivity contribution is -0.0666. The highest BCUT2D eigenvalue weighted by atomic mass is 16.5. The SMILES string of the molecule is CC1(C)Oc2ccc(C#N)cc2C(n2nc(-c3c(-c4ccccc4)nn4ccccc34)ccc2=O)C1O. The summed E-state index contributed by atoms with van der Waals surface area (Å²) >= 11 is 0. The lowest BCUT2D eigenvalue weighted by Crippen LogP contribution is -2.52. The normalized spacial score (nSPS) is 18.1. The minimum atomic E-state index is -1.10. The van der Waals surface area contributed by atoms with Crippen LogP contribution in [0.3, 0.4) is 0 Å². The zero-order valence-corrected chi connectivity index (χ0v) is 20.2. The summed E-state index contributed by atoms with van der Waals surface area (Å²) in [4.78, 5) is 13.2. The predicted molar refractivity (Wildman–Crippen MR) is 138 cm³/mol. The van der Waals surface area contributed by atoms with Crippen molar-refractivity contribution >= 4 is 5.52 Å². The maximum atomic E-state index is 13.2. The van der Waals surface area contributed by atoms with Gasteiger partial charge in [0.2, 0.25) is 0 Å². The Hall–Kier alpha value is -4.74. The second-order valence-corrected chi connectivity index (χ2v) is 9.58. The molecule has 0 fully saturated rings. The summed E-state index contributed by atoms with van der Waals surface area (Å²) in [5, 5.41) is 30.5. The Morgan fingerprint density at radius 1 is 1.00 bits per heavy atom. The van der Waals surface area contributed by atoms with Crippen molar-refractivity contribution in [3.05, 3.63) is 107 Å². The molecule has 8 heteroatoms. The van der Waals surface area contributed by atoms with E-state index in [2.05, 4.69) is 6.07 Å². The molecule has 3 aromatic heterocycles. The van der Waals surface area contributed by atoms with E-state index in [1.165, 1.54) is 10.7 Å². The molecule has 1 N–H and O–H groups in total. The number of hydrogen-bond donors (Lipinski definition) is 1. The number of aromatic nitrogens is 4. The number of pyridine rings is 1. The molecule has 5 aromatic rings. The van der Waals surface area contributed by atoms with Crippen LogP contribution in [-0.2, 0) is 0 Å². The molecular formula is C29H23N5O3. The van der Waals surface area contributed by atoms with E-state index in [4.69, 9.17) is 14.9 Å². The van der Waals surface area contributed by atoms with E-state index in [0.29, 0.717) is 22.6 Å². The van der Waals surface area contributed by atoms with Gasteiger partial charge in [-0.25, -0.2) is 9.20 Å². The predicted octanol–water partition coefficient (Wildman–Crippen LogP) is 4.22. The van der Waals surface area contributed by atoms with Gasteiger partial charge < -0.3 is 9.84 Å². The van der Waals surface area contributed by atoms with E-state index in [1.807, 2.05) is 54.7 Å². The van der Waals surface area contributed by atoms with E-state index in [-0.39, 0.29) is 5.56 Å². The fraction of sp³-hybridized carbons (Fsp3) is 0.172. The molecule has 0 saturated heterocycles. The van der Waals surface area contributed by atoms with Gasteiger partial charge in [0.1, 0.15) is 29.2 Å². The van der Waals surface area contributed by atoms with Gasteiger partial charge in [-0.1, -0.05) is 36.4 Å². The van der Waals surface area contributed by atoms with Crippen molar-refractivity contribution in [3.63, 3.8) is 0 Å². The van der Waals surface area contributed by atoms with Crippen molar-refractivity contribution in [3.8, 4) is 34.3 Å². The summed E-state index contributed by atoms with van der Waals surface area (Å²) in [7, 11) is 0. The molecule has 0 radical (unpaired) electrons. The highest BCUT2D eigenvalue weighted by Gasteiger charge is 2.45. The van der Waals surface area contributed by atoms with Gasteiger partial charge >= 0.3 is 0 Å². The zero-order valence-electron chi connectivity index (χ0n) is 20.2. The summed E-state index contributed by atoms with van der Waals surface area (Å²) in [5.41, 5.74) is 3.33. The van der Waals surface area contributed by atoms with Gasteiger partial charge in [-0.05, 0) is 50.2 Å². The minimum absolute atomic E-state index is 0.378. The summed E-state index contributed by atoms with van der Waals surface area (Å²) < 4.78 is 9.13. The molecule has 8 nitrogen and oxygen atoms in total. The average molecular weight is 490 g/mol.